The molecule has 1 aliphatic heterocycles. The maximum absolute atomic E-state index is 12.6. The number of methoxy groups -OCH3 is 1. The number of nitrogens with one attached hydrogen (secondary N) is 2. The Morgan fingerprint density at radius 2 is 1.96 bits per heavy atom. The van der Waals surface area contributed by atoms with Crippen molar-refractivity contribution in [2.24, 2.45) is 0 Å². The van der Waals surface area contributed by atoms with Gasteiger partial charge in [0.2, 0.25) is 12.5 Å². The van der Waals surface area contributed by atoms with Crippen LogP contribution in [0, 0.1) is 0 Å². The summed E-state index contributed by atoms with van der Waals surface area (Å²) in [6.45, 7) is 0.389. The highest BCUT2D eigenvalue weighted by atomic mass is 16.7. The molecule has 1 amide bonds. The summed E-state index contributed by atoms with van der Waals surface area (Å²) in [5.74, 6) is 1.36. The number of fused-ring (bicyclic) bond motifs is 1. The maximum Gasteiger partial charge on any atom is 0.441 e. The summed E-state index contributed by atoms with van der Waals surface area (Å²) in [7, 11) is 1.55. The maximum atomic E-state index is 12.6. The molecular weight excluding hydrogens is 354 g/mol. The number of aromatic amines is 1. The standard InChI is InChI=1S/C18H15N3O6/c1-24-13-5-3-12(4-6-13)21-16(18(23)27-20-21)17(22)19-9-11-2-7-14-15(8-11)26-10-25-14/h2-8H,9-10H2,1H3,(H-,19,20,22,23)/p+1. The molecule has 1 aromatic heterocycles. The van der Waals surface area contributed by atoms with E-state index in [2.05, 4.69) is 10.6 Å². The van der Waals surface area contributed by atoms with Crippen molar-refractivity contribution >= 4 is 5.91 Å². The average Bonchev–Trinajstić information content (AvgIpc) is 3.32. The topological polar surface area (TPSA) is 107 Å². The van der Waals surface area contributed by atoms with E-state index in [4.69, 9.17) is 18.7 Å². The van der Waals surface area contributed by atoms with Crippen molar-refractivity contribution in [1.29, 1.82) is 0 Å². The lowest BCUT2D eigenvalue weighted by molar-refractivity contribution is -0.672. The summed E-state index contributed by atoms with van der Waals surface area (Å²) >= 11 is 0. The summed E-state index contributed by atoms with van der Waals surface area (Å²) in [6, 6.07) is 12.2. The third-order valence-electron chi connectivity index (χ3n) is 4.08. The first-order valence-electron chi connectivity index (χ1n) is 8.10. The second-order valence-electron chi connectivity index (χ2n) is 5.73. The highest BCUT2D eigenvalue weighted by molar-refractivity contribution is 5.90. The molecule has 2 N–H and O–H groups in total. The van der Waals surface area contributed by atoms with Gasteiger partial charge >= 0.3 is 17.2 Å². The molecule has 138 valence electrons. The van der Waals surface area contributed by atoms with Crippen molar-refractivity contribution in [1.82, 2.24) is 10.6 Å². The molecule has 0 bridgehead atoms. The van der Waals surface area contributed by atoms with Crippen LogP contribution >= 0.6 is 0 Å². The highest BCUT2D eigenvalue weighted by Crippen LogP contribution is 2.32. The van der Waals surface area contributed by atoms with Gasteiger partial charge in [-0.15, -0.1) is 0 Å². The number of benzene rings is 2. The zero-order valence-corrected chi connectivity index (χ0v) is 14.4. The Labute approximate surface area is 153 Å². The summed E-state index contributed by atoms with van der Waals surface area (Å²) in [6.07, 6.45) is 0. The van der Waals surface area contributed by atoms with Gasteiger partial charge in [-0.2, -0.15) is 0 Å². The number of hydrogen-bond acceptors (Lipinski definition) is 6. The number of amides is 1. The van der Waals surface area contributed by atoms with Gasteiger partial charge in [-0.05, 0) is 39.8 Å². The van der Waals surface area contributed by atoms with Gasteiger partial charge in [-0.1, -0.05) is 6.07 Å². The molecule has 0 spiro atoms. The van der Waals surface area contributed by atoms with E-state index in [0.717, 1.165) is 5.56 Å². The Bertz CT molecular complexity index is 1040. The van der Waals surface area contributed by atoms with Crippen LogP contribution in [0.1, 0.15) is 16.1 Å². The van der Waals surface area contributed by atoms with Crippen LogP contribution in [0.5, 0.6) is 17.2 Å². The summed E-state index contributed by atoms with van der Waals surface area (Å²) in [4.78, 5) is 24.6. The molecule has 0 unspecified atom stereocenters. The minimum absolute atomic E-state index is 0.166. The molecule has 4 rings (SSSR count). The molecule has 0 saturated carbocycles. The van der Waals surface area contributed by atoms with E-state index in [0.29, 0.717) is 22.9 Å². The van der Waals surface area contributed by atoms with Crippen LogP contribution in [0.4, 0.5) is 0 Å². The lowest BCUT2D eigenvalue weighted by Crippen LogP contribution is -2.44. The largest absolute Gasteiger partial charge is 0.497 e. The number of rotatable bonds is 5. The number of hydrogen-bond donors (Lipinski definition) is 2. The van der Waals surface area contributed by atoms with Gasteiger partial charge in [-0.3, -0.25) is 9.32 Å². The van der Waals surface area contributed by atoms with E-state index in [1.165, 1.54) is 4.68 Å². The summed E-state index contributed by atoms with van der Waals surface area (Å²) in [5, 5.41) is 5.14. The molecule has 0 radical (unpaired) electrons. The quantitative estimate of drug-likeness (QED) is 0.647. The molecule has 9 nitrogen and oxygen atoms in total. The predicted octanol–water partition coefficient (Wildman–Crippen LogP) is 0.912. The van der Waals surface area contributed by atoms with Gasteiger partial charge < -0.3 is 19.5 Å². The lowest BCUT2D eigenvalue weighted by atomic mass is 10.2. The van der Waals surface area contributed by atoms with E-state index in [1.807, 2.05) is 6.07 Å². The Kier molecular flexibility index (Phi) is 4.25. The van der Waals surface area contributed by atoms with Crippen molar-refractivity contribution < 1.29 is 28.2 Å². The molecule has 0 fully saturated rings. The normalized spacial score (nSPS) is 12.0. The van der Waals surface area contributed by atoms with Crippen LogP contribution < -0.4 is 29.8 Å². The van der Waals surface area contributed by atoms with Crippen molar-refractivity contribution in [3.05, 3.63) is 64.1 Å². The fourth-order valence-corrected chi connectivity index (χ4v) is 2.70. The van der Waals surface area contributed by atoms with Gasteiger partial charge in [0.15, 0.2) is 11.5 Å². The minimum Gasteiger partial charge on any atom is -0.497 e. The van der Waals surface area contributed by atoms with Crippen LogP contribution in [0.25, 0.3) is 5.69 Å². The van der Waals surface area contributed by atoms with Crippen molar-refractivity contribution in [3.8, 4) is 22.9 Å². The van der Waals surface area contributed by atoms with Crippen LogP contribution in [0.2, 0.25) is 0 Å². The number of carbonyl (C=O) groups is 1. The van der Waals surface area contributed by atoms with Crippen molar-refractivity contribution in [3.63, 3.8) is 0 Å². The van der Waals surface area contributed by atoms with Gasteiger partial charge in [0.25, 0.3) is 0 Å². The first kappa shape index (κ1) is 16.7. The number of nitrogens with zero attached hydrogens (tertiary/aromatic N) is 1. The zero-order valence-electron chi connectivity index (χ0n) is 14.4. The lowest BCUT2D eigenvalue weighted by Gasteiger charge is -2.04. The number of aromatic nitrogens is 2. The van der Waals surface area contributed by atoms with Crippen LogP contribution in [-0.4, -0.2) is 25.1 Å². The zero-order chi connectivity index (χ0) is 18.8. The second kappa shape index (κ2) is 6.87. The van der Waals surface area contributed by atoms with E-state index >= 15 is 0 Å². The molecule has 2 heterocycles. The number of ether oxygens (including phenoxy) is 3. The smallest absolute Gasteiger partial charge is 0.441 e. The molecule has 3 aromatic rings. The van der Waals surface area contributed by atoms with Crippen LogP contribution in [0.3, 0.4) is 0 Å². The van der Waals surface area contributed by atoms with Gasteiger partial charge in [-0.25, -0.2) is 4.79 Å². The molecule has 1 aliphatic rings. The molecule has 2 aromatic carbocycles. The molecule has 0 atom stereocenters. The second-order valence-corrected chi connectivity index (χ2v) is 5.73. The molecule has 0 saturated heterocycles. The third kappa shape index (κ3) is 3.22. The van der Waals surface area contributed by atoms with Crippen molar-refractivity contribution in [2.75, 3.05) is 13.9 Å². The molecule has 9 heteroatoms. The number of H-pyrrole nitrogens is 1. The Hall–Kier alpha value is -3.75. The molecule has 0 aliphatic carbocycles. The first-order chi connectivity index (χ1) is 13.2. The summed E-state index contributed by atoms with van der Waals surface area (Å²) in [5.41, 5.74) is 0.424. The Morgan fingerprint density at radius 1 is 1.19 bits per heavy atom. The fourth-order valence-electron chi connectivity index (χ4n) is 2.70. The SMILES string of the molecule is COc1ccc(-[n+]2[nH]oc(=O)c2C(=O)NCc2ccc3c(c2)OCO3)cc1. The highest BCUT2D eigenvalue weighted by Gasteiger charge is 2.30. The van der Waals surface area contributed by atoms with E-state index in [-0.39, 0.29) is 19.0 Å². The molecular formula is C18H16N3O6+. The van der Waals surface area contributed by atoms with E-state index < -0.39 is 11.5 Å². The average molecular weight is 370 g/mol. The van der Waals surface area contributed by atoms with Gasteiger partial charge in [0, 0.05) is 18.7 Å². The number of carbonyl (C=O) groups excluding carboxylic acids is 1. The van der Waals surface area contributed by atoms with Crippen LogP contribution in [-0.2, 0) is 6.54 Å². The van der Waals surface area contributed by atoms with Gasteiger partial charge in [0.05, 0.1) is 7.11 Å². The van der Waals surface area contributed by atoms with Gasteiger partial charge in [0.1, 0.15) is 5.75 Å². The van der Waals surface area contributed by atoms with E-state index in [1.54, 1.807) is 43.5 Å². The Morgan fingerprint density at radius 3 is 2.74 bits per heavy atom. The van der Waals surface area contributed by atoms with Crippen molar-refractivity contribution in [2.45, 2.75) is 6.54 Å². The fraction of sp³-hybridized carbons (Fsp3) is 0.167. The monoisotopic (exact) mass is 370 g/mol. The first-order valence-corrected chi connectivity index (χ1v) is 8.10. The predicted molar refractivity (Wildman–Crippen MR) is 91.1 cm³/mol. The summed E-state index contributed by atoms with van der Waals surface area (Å²) < 4.78 is 21.7. The third-order valence-corrected chi connectivity index (χ3v) is 4.08. The minimum atomic E-state index is -0.769. The molecule has 27 heavy (non-hydrogen) atoms. The Balaban J connectivity index is 1.53. The van der Waals surface area contributed by atoms with E-state index in [9.17, 15) is 9.59 Å². The van der Waals surface area contributed by atoms with Crippen LogP contribution in [0.15, 0.2) is 51.8 Å².